The Hall–Kier alpha value is -1.98. The highest BCUT2D eigenvalue weighted by atomic mass is 19.1. The summed E-state index contributed by atoms with van der Waals surface area (Å²) in [4.78, 5) is 18.5. The van der Waals surface area contributed by atoms with Crippen LogP contribution in [0, 0.1) is 11.6 Å². The van der Waals surface area contributed by atoms with Crippen LogP contribution in [0.15, 0.2) is 12.1 Å². The van der Waals surface area contributed by atoms with Gasteiger partial charge in [-0.2, -0.15) is 0 Å². The number of carboxylic acid groups (broad SMARTS) is 1. The van der Waals surface area contributed by atoms with Gasteiger partial charge in [-0.15, -0.1) is 0 Å². The van der Waals surface area contributed by atoms with Gasteiger partial charge in [0.1, 0.15) is 24.0 Å². The maximum atomic E-state index is 12.9. The van der Waals surface area contributed by atoms with Crippen LogP contribution in [0.2, 0.25) is 0 Å². The van der Waals surface area contributed by atoms with Crippen LogP contribution in [0.3, 0.4) is 0 Å². The van der Waals surface area contributed by atoms with E-state index in [0.717, 1.165) is 6.07 Å². The molecule has 0 bridgehead atoms. The lowest BCUT2D eigenvalue weighted by atomic mass is 10.1. The van der Waals surface area contributed by atoms with Crippen molar-refractivity contribution in [3.63, 3.8) is 0 Å². The third-order valence-electron chi connectivity index (χ3n) is 1.54. The number of nitrogens with one attached hydrogen (secondary N) is 1. The zero-order chi connectivity index (χ0) is 14.0. The second kappa shape index (κ2) is 9.26. The number of hydrogen-bond donors (Lipinski definition) is 2. The van der Waals surface area contributed by atoms with E-state index in [1.165, 1.54) is 7.05 Å². The molecule has 0 heterocycles. The van der Waals surface area contributed by atoms with E-state index in [1.807, 2.05) is 20.6 Å². The van der Waals surface area contributed by atoms with Crippen LogP contribution >= 0.6 is 0 Å². The summed E-state index contributed by atoms with van der Waals surface area (Å²) in [6, 6.07) is 1.46. The molecule has 6 heteroatoms. The molecule has 0 saturated carbocycles. The maximum Gasteiger partial charge on any atom is 0.340 e. The van der Waals surface area contributed by atoms with Crippen molar-refractivity contribution >= 4 is 18.4 Å². The first kappa shape index (κ1) is 17.4. The SMILES string of the molecule is C=O.CC.CNc1cc(F)cc(F)c1C(=O)O. The molecule has 17 heavy (non-hydrogen) atoms. The van der Waals surface area contributed by atoms with Gasteiger partial charge >= 0.3 is 5.97 Å². The fourth-order valence-electron chi connectivity index (χ4n) is 0.988. The maximum absolute atomic E-state index is 12.9. The smallest absolute Gasteiger partial charge is 0.340 e. The Morgan fingerprint density at radius 1 is 1.29 bits per heavy atom. The van der Waals surface area contributed by atoms with E-state index in [2.05, 4.69) is 5.32 Å². The second-order valence-electron chi connectivity index (χ2n) is 2.37. The molecule has 0 saturated heterocycles. The Labute approximate surface area is 98.3 Å². The van der Waals surface area contributed by atoms with Gasteiger partial charge in [-0.3, -0.25) is 0 Å². The summed E-state index contributed by atoms with van der Waals surface area (Å²) in [6.07, 6.45) is 0. The van der Waals surface area contributed by atoms with Crippen molar-refractivity contribution in [2.75, 3.05) is 12.4 Å². The lowest BCUT2D eigenvalue weighted by Crippen LogP contribution is -2.06. The van der Waals surface area contributed by atoms with E-state index in [9.17, 15) is 13.6 Å². The van der Waals surface area contributed by atoms with E-state index in [1.54, 1.807) is 0 Å². The van der Waals surface area contributed by atoms with Gasteiger partial charge in [-0.1, -0.05) is 13.8 Å². The molecule has 1 aromatic carbocycles. The molecule has 4 nitrogen and oxygen atoms in total. The van der Waals surface area contributed by atoms with Crippen molar-refractivity contribution in [3.05, 3.63) is 29.3 Å². The Kier molecular flexibility index (Phi) is 9.49. The van der Waals surface area contributed by atoms with Crippen LogP contribution in [0.25, 0.3) is 0 Å². The van der Waals surface area contributed by atoms with Crippen LogP contribution in [-0.4, -0.2) is 24.9 Å². The summed E-state index contributed by atoms with van der Waals surface area (Å²) in [6.45, 7) is 6.00. The average Bonchev–Trinajstić information content (AvgIpc) is 2.32. The highest BCUT2D eigenvalue weighted by molar-refractivity contribution is 5.94. The molecule has 1 rings (SSSR count). The monoisotopic (exact) mass is 247 g/mol. The number of aromatic carboxylic acids is 1. The minimum Gasteiger partial charge on any atom is -0.478 e. The van der Waals surface area contributed by atoms with Gasteiger partial charge in [0.2, 0.25) is 0 Å². The number of hydrogen-bond acceptors (Lipinski definition) is 3. The summed E-state index contributed by atoms with van der Waals surface area (Å²) >= 11 is 0. The van der Waals surface area contributed by atoms with Crippen LogP contribution in [-0.2, 0) is 4.79 Å². The van der Waals surface area contributed by atoms with E-state index < -0.39 is 23.2 Å². The van der Waals surface area contributed by atoms with Gasteiger partial charge in [-0.05, 0) is 6.07 Å². The summed E-state index contributed by atoms with van der Waals surface area (Å²) in [7, 11) is 1.39. The van der Waals surface area contributed by atoms with Crippen molar-refractivity contribution in [1.29, 1.82) is 0 Å². The van der Waals surface area contributed by atoms with Crippen molar-refractivity contribution in [1.82, 2.24) is 0 Å². The number of carbonyl (C=O) groups excluding carboxylic acids is 1. The first-order valence-corrected chi connectivity index (χ1v) is 4.75. The molecule has 0 amide bonds. The van der Waals surface area contributed by atoms with Crippen LogP contribution in [0.5, 0.6) is 0 Å². The van der Waals surface area contributed by atoms with Gasteiger partial charge in [0.05, 0.1) is 5.69 Å². The lowest BCUT2D eigenvalue weighted by molar-refractivity contribution is -0.0980. The molecule has 0 atom stereocenters. The van der Waals surface area contributed by atoms with Gasteiger partial charge in [-0.25, -0.2) is 13.6 Å². The fraction of sp³-hybridized carbons (Fsp3) is 0.273. The zero-order valence-corrected chi connectivity index (χ0v) is 9.88. The third-order valence-corrected chi connectivity index (χ3v) is 1.54. The average molecular weight is 247 g/mol. The topological polar surface area (TPSA) is 66.4 Å². The summed E-state index contributed by atoms with van der Waals surface area (Å²) < 4.78 is 25.5. The Balaban J connectivity index is 0. The van der Waals surface area contributed by atoms with E-state index >= 15 is 0 Å². The molecule has 0 aliphatic rings. The predicted octanol–water partition coefficient (Wildman–Crippen LogP) is 2.55. The molecule has 0 unspecified atom stereocenters. The van der Waals surface area contributed by atoms with Gasteiger partial charge in [0, 0.05) is 13.1 Å². The summed E-state index contributed by atoms with van der Waals surface area (Å²) in [5, 5.41) is 11.0. The Morgan fingerprint density at radius 2 is 1.76 bits per heavy atom. The largest absolute Gasteiger partial charge is 0.478 e. The van der Waals surface area contributed by atoms with E-state index in [0.29, 0.717) is 6.07 Å². The molecule has 0 radical (unpaired) electrons. The van der Waals surface area contributed by atoms with Gasteiger partial charge < -0.3 is 15.2 Å². The molecule has 96 valence electrons. The molecule has 0 aliphatic carbocycles. The zero-order valence-electron chi connectivity index (χ0n) is 9.88. The molecule has 0 aliphatic heterocycles. The van der Waals surface area contributed by atoms with Crippen molar-refractivity contribution < 1.29 is 23.5 Å². The van der Waals surface area contributed by atoms with Crippen molar-refractivity contribution in [2.45, 2.75) is 13.8 Å². The summed E-state index contributed by atoms with van der Waals surface area (Å²) in [5.74, 6) is -3.33. The molecule has 1 aromatic rings. The molecule has 0 spiro atoms. The highest BCUT2D eigenvalue weighted by Crippen LogP contribution is 2.20. The molecular weight excluding hydrogens is 232 g/mol. The number of rotatable bonds is 2. The molecule has 0 fully saturated rings. The molecule has 2 N–H and O–H groups in total. The van der Waals surface area contributed by atoms with Crippen LogP contribution in [0.1, 0.15) is 24.2 Å². The fourth-order valence-corrected chi connectivity index (χ4v) is 0.988. The minimum atomic E-state index is -1.43. The van der Waals surface area contributed by atoms with Crippen molar-refractivity contribution in [3.8, 4) is 0 Å². The van der Waals surface area contributed by atoms with Gasteiger partial charge in [0.25, 0.3) is 0 Å². The minimum absolute atomic E-state index is 0.0787. The predicted molar refractivity (Wildman–Crippen MR) is 61.3 cm³/mol. The third kappa shape index (κ3) is 5.05. The summed E-state index contributed by atoms with van der Waals surface area (Å²) in [5.41, 5.74) is -0.631. The first-order valence-electron chi connectivity index (χ1n) is 4.75. The number of anilines is 1. The van der Waals surface area contributed by atoms with Crippen LogP contribution in [0.4, 0.5) is 14.5 Å². The number of benzene rings is 1. The Bertz CT molecular complexity index is 370. The van der Waals surface area contributed by atoms with Gasteiger partial charge in [0.15, 0.2) is 0 Å². The molecule has 0 aromatic heterocycles. The van der Waals surface area contributed by atoms with E-state index in [4.69, 9.17) is 9.90 Å². The number of halogens is 2. The standard InChI is InChI=1S/C8H7F2NO2.C2H6.CH2O/c1-11-6-3-4(9)2-5(10)7(6)8(12)13;2*1-2/h2-3,11H,1H3,(H,12,13);1-2H3;1H2. The van der Waals surface area contributed by atoms with Crippen molar-refractivity contribution in [2.24, 2.45) is 0 Å². The first-order chi connectivity index (χ1) is 8.06. The van der Waals surface area contributed by atoms with E-state index in [-0.39, 0.29) is 5.69 Å². The number of carbonyl (C=O) groups is 2. The quantitative estimate of drug-likeness (QED) is 0.842. The Morgan fingerprint density at radius 3 is 2.12 bits per heavy atom. The second-order valence-corrected chi connectivity index (χ2v) is 2.37. The normalized spacial score (nSPS) is 8.06. The van der Waals surface area contributed by atoms with Crippen LogP contribution < -0.4 is 5.32 Å². The highest BCUT2D eigenvalue weighted by Gasteiger charge is 2.16. The lowest BCUT2D eigenvalue weighted by Gasteiger charge is -2.05. The molecular formula is C11H15F2NO3. The number of carboxylic acids is 1.